The fraction of sp³-hybridized carbons (Fsp3) is 0.685. The number of rotatable bonds is 59. The van der Waals surface area contributed by atoms with Gasteiger partial charge in [0, 0.05) is 19.3 Å². The highest BCUT2D eigenvalue weighted by molar-refractivity contribution is 5.71. The second kappa shape index (κ2) is 66.3. The van der Waals surface area contributed by atoms with Crippen LogP contribution in [0.3, 0.4) is 0 Å². The standard InChI is InChI=1S/C73H122O6/c1-4-7-10-13-16-19-22-25-28-30-31-32-33-34-35-36-37-38-39-40-41-43-45-48-51-54-57-60-63-66-72(75)78-69-70(68-77-71(74)65-62-59-56-53-50-47-44-27-24-21-18-15-12-9-6-3)79-73(76)67-64-61-58-55-52-49-46-42-29-26-23-20-17-14-11-8-5-2/h7-8,10-11,16-17,19-20,25-26,28-29,31-32,34-35,37-38,46,49,70H,4-6,9,12-15,18,21-24,27,30,33,36,39-45,47-48,50-69H2,1-3H3/b10-7-,11-8-,19-16-,20-17-,28-25-,29-26-,32-31-,35-34-,38-37-,49-46-. The molecule has 0 rings (SSSR count). The Hall–Kier alpha value is -4.19. The maximum Gasteiger partial charge on any atom is 0.306 e. The lowest BCUT2D eigenvalue weighted by Crippen LogP contribution is -2.30. The quantitative estimate of drug-likeness (QED) is 0.0261. The number of unbranched alkanes of at least 4 members (excludes halogenated alkanes) is 28. The Morgan fingerprint density at radius 3 is 0.772 bits per heavy atom. The van der Waals surface area contributed by atoms with Gasteiger partial charge in [0.05, 0.1) is 0 Å². The van der Waals surface area contributed by atoms with E-state index in [1.54, 1.807) is 0 Å². The normalized spacial score (nSPS) is 12.9. The molecule has 0 spiro atoms. The van der Waals surface area contributed by atoms with Crippen molar-refractivity contribution in [1.82, 2.24) is 0 Å². The van der Waals surface area contributed by atoms with Gasteiger partial charge >= 0.3 is 17.9 Å². The minimum absolute atomic E-state index is 0.0884. The molecular weight excluding hydrogens is 973 g/mol. The zero-order valence-corrected chi connectivity index (χ0v) is 51.6. The molecule has 0 N–H and O–H groups in total. The first-order valence-electron chi connectivity index (χ1n) is 33.0. The van der Waals surface area contributed by atoms with Crippen LogP contribution in [-0.4, -0.2) is 37.2 Å². The molecule has 6 nitrogen and oxygen atoms in total. The van der Waals surface area contributed by atoms with Gasteiger partial charge in [0.25, 0.3) is 0 Å². The van der Waals surface area contributed by atoms with E-state index in [0.717, 1.165) is 135 Å². The molecule has 1 atom stereocenters. The lowest BCUT2D eigenvalue weighted by molar-refractivity contribution is -0.167. The second-order valence-electron chi connectivity index (χ2n) is 21.6. The van der Waals surface area contributed by atoms with Crippen molar-refractivity contribution in [2.75, 3.05) is 13.2 Å². The largest absolute Gasteiger partial charge is 0.462 e. The number of esters is 3. The molecule has 0 amide bonds. The first kappa shape index (κ1) is 74.8. The smallest absolute Gasteiger partial charge is 0.306 e. The molecule has 0 aliphatic rings. The van der Waals surface area contributed by atoms with Crippen molar-refractivity contribution >= 4 is 17.9 Å². The van der Waals surface area contributed by atoms with Gasteiger partial charge in [-0.15, -0.1) is 0 Å². The lowest BCUT2D eigenvalue weighted by atomic mass is 10.0. The van der Waals surface area contributed by atoms with Gasteiger partial charge in [-0.05, 0) is 109 Å². The second-order valence-corrected chi connectivity index (χ2v) is 21.6. The predicted molar refractivity (Wildman–Crippen MR) is 343 cm³/mol. The molecular formula is C73H122O6. The van der Waals surface area contributed by atoms with Crippen LogP contribution in [0.5, 0.6) is 0 Å². The van der Waals surface area contributed by atoms with Crippen LogP contribution in [0.4, 0.5) is 0 Å². The van der Waals surface area contributed by atoms with E-state index in [-0.39, 0.29) is 31.1 Å². The van der Waals surface area contributed by atoms with Crippen molar-refractivity contribution in [2.24, 2.45) is 0 Å². The zero-order chi connectivity index (χ0) is 57.1. The van der Waals surface area contributed by atoms with E-state index in [1.165, 1.54) is 128 Å². The Labute approximate surface area is 488 Å². The third-order valence-electron chi connectivity index (χ3n) is 14.0. The van der Waals surface area contributed by atoms with Crippen molar-refractivity contribution in [3.63, 3.8) is 0 Å². The minimum atomic E-state index is -0.795. The summed E-state index contributed by atoms with van der Waals surface area (Å²) >= 11 is 0. The molecule has 0 aromatic rings. The Kier molecular flexibility index (Phi) is 62.8. The lowest BCUT2D eigenvalue weighted by Gasteiger charge is -2.18. The predicted octanol–water partition coefficient (Wildman–Crippen LogP) is 22.8. The van der Waals surface area contributed by atoms with Crippen molar-refractivity contribution < 1.29 is 28.6 Å². The molecule has 0 aromatic heterocycles. The topological polar surface area (TPSA) is 78.9 Å². The summed E-state index contributed by atoms with van der Waals surface area (Å²) in [6.07, 6.45) is 92.0. The summed E-state index contributed by atoms with van der Waals surface area (Å²) in [7, 11) is 0. The molecule has 0 fully saturated rings. The maximum atomic E-state index is 12.9. The zero-order valence-electron chi connectivity index (χ0n) is 51.6. The molecule has 0 saturated heterocycles. The molecule has 79 heavy (non-hydrogen) atoms. The first-order valence-corrected chi connectivity index (χ1v) is 33.0. The Morgan fingerprint density at radius 1 is 0.266 bits per heavy atom. The molecule has 1 unspecified atom stereocenters. The summed E-state index contributed by atoms with van der Waals surface area (Å²) in [5.41, 5.74) is 0. The van der Waals surface area contributed by atoms with Crippen molar-refractivity contribution in [2.45, 2.75) is 309 Å². The van der Waals surface area contributed by atoms with Crippen LogP contribution >= 0.6 is 0 Å². The number of ether oxygens (including phenoxy) is 3. The molecule has 0 saturated carbocycles. The van der Waals surface area contributed by atoms with Gasteiger partial charge in [-0.2, -0.15) is 0 Å². The highest BCUT2D eigenvalue weighted by Crippen LogP contribution is 2.16. The molecule has 0 radical (unpaired) electrons. The first-order chi connectivity index (χ1) is 39.0. The van der Waals surface area contributed by atoms with Gasteiger partial charge in [0.2, 0.25) is 0 Å². The van der Waals surface area contributed by atoms with E-state index >= 15 is 0 Å². The van der Waals surface area contributed by atoms with Crippen LogP contribution in [0.1, 0.15) is 303 Å². The van der Waals surface area contributed by atoms with E-state index in [9.17, 15) is 14.4 Å². The SMILES string of the molecule is CC/C=C\C/C=C\C/C=C\C/C=C\C/C=C\C/C=C\CCCCCCCCCCCCC(=O)OCC(COC(=O)CCCCCCCCCCCCCCCCC)OC(=O)CCCCCC/C=C\C/C=C\C/C=C\C/C=C\CC. The summed E-state index contributed by atoms with van der Waals surface area (Å²) in [6, 6.07) is 0. The number of allylic oxidation sites excluding steroid dienone is 20. The van der Waals surface area contributed by atoms with E-state index in [0.29, 0.717) is 19.3 Å². The van der Waals surface area contributed by atoms with E-state index in [4.69, 9.17) is 14.2 Å². The van der Waals surface area contributed by atoms with Crippen molar-refractivity contribution in [1.29, 1.82) is 0 Å². The summed E-state index contributed by atoms with van der Waals surface area (Å²) in [5.74, 6) is -0.908. The fourth-order valence-electron chi connectivity index (χ4n) is 9.09. The third kappa shape index (κ3) is 64.5. The summed E-state index contributed by atoms with van der Waals surface area (Å²) in [6.45, 7) is 6.41. The van der Waals surface area contributed by atoms with Gasteiger partial charge in [-0.1, -0.05) is 296 Å². The summed E-state index contributed by atoms with van der Waals surface area (Å²) in [5, 5.41) is 0. The van der Waals surface area contributed by atoms with E-state index in [2.05, 4.69) is 142 Å². The van der Waals surface area contributed by atoms with Crippen molar-refractivity contribution in [3.05, 3.63) is 122 Å². The van der Waals surface area contributed by atoms with Crippen LogP contribution in [0.25, 0.3) is 0 Å². The number of hydrogen-bond acceptors (Lipinski definition) is 6. The Balaban J connectivity index is 4.34. The highest BCUT2D eigenvalue weighted by atomic mass is 16.6. The molecule has 0 bridgehead atoms. The highest BCUT2D eigenvalue weighted by Gasteiger charge is 2.19. The van der Waals surface area contributed by atoms with Gasteiger partial charge in [0.1, 0.15) is 13.2 Å². The van der Waals surface area contributed by atoms with Gasteiger partial charge < -0.3 is 14.2 Å². The maximum absolute atomic E-state index is 12.9. The van der Waals surface area contributed by atoms with Gasteiger partial charge in [0.15, 0.2) is 6.10 Å². The van der Waals surface area contributed by atoms with Crippen LogP contribution in [0, 0.1) is 0 Å². The van der Waals surface area contributed by atoms with Crippen LogP contribution < -0.4 is 0 Å². The molecule has 0 aliphatic carbocycles. The molecule has 0 aromatic carbocycles. The number of carbonyl (C=O) groups is 3. The Bertz CT molecular complexity index is 1640. The fourth-order valence-corrected chi connectivity index (χ4v) is 9.09. The average Bonchev–Trinajstić information content (AvgIpc) is 3.45. The van der Waals surface area contributed by atoms with Crippen LogP contribution in [-0.2, 0) is 28.6 Å². The molecule has 6 heteroatoms. The van der Waals surface area contributed by atoms with Crippen LogP contribution in [0.2, 0.25) is 0 Å². The van der Waals surface area contributed by atoms with E-state index in [1.807, 2.05) is 0 Å². The van der Waals surface area contributed by atoms with Crippen molar-refractivity contribution in [3.8, 4) is 0 Å². The summed E-state index contributed by atoms with van der Waals surface area (Å²) in [4.78, 5) is 38.4. The van der Waals surface area contributed by atoms with Crippen LogP contribution in [0.15, 0.2) is 122 Å². The molecule has 450 valence electrons. The van der Waals surface area contributed by atoms with Gasteiger partial charge in [-0.25, -0.2) is 0 Å². The number of carbonyl (C=O) groups excluding carboxylic acids is 3. The number of hydrogen-bond donors (Lipinski definition) is 0. The molecule has 0 aliphatic heterocycles. The third-order valence-corrected chi connectivity index (χ3v) is 14.0. The van der Waals surface area contributed by atoms with Gasteiger partial charge in [-0.3, -0.25) is 14.4 Å². The minimum Gasteiger partial charge on any atom is -0.462 e. The Morgan fingerprint density at radius 2 is 0.494 bits per heavy atom. The monoisotopic (exact) mass is 1090 g/mol. The average molecular weight is 1100 g/mol. The van der Waals surface area contributed by atoms with E-state index < -0.39 is 6.10 Å². The summed E-state index contributed by atoms with van der Waals surface area (Å²) < 4.78 is 16.9. The molecule has 0 heterocycles.